The van der Waals surface area contributed by atoms with Crippen molar-refractivity contribution >= 4 is 44.6 Å². The van der Waals surface area contributed by atoms with E-state index in [2.05, 4.69) is 46.5 Å². The SMILES string of the molecule is Cc1ccc(Cl)cc1NC(C)c1sccc1Br. The number of nitrogens with one attached hydrogen (secondary N) is 1. The van der Waals surface area contributed by atoms with E-state index in [1.54, 1.807) is 11.3 Å². The van der Waals surface area contributed by atoms with Crippen LogP contribution in [0.2, 0.25) is 5.02 Å². The lowest BCUT2D eigenvalue weighted by Crippen LogP contribution is -2.06. The van der Waals surface area contributed by atoms with Gasteiger partial charge in [0.25, 0.3) is 0 Å². The zero-order chi connectivity index (χ0) is 12.4. The second kappa shape index (κ2) is 5.42. The molecule has 0 spiro atoms. The summed E-state index contributed by atoms with van der Waals surface area (Å²) in [5.74, 6) is 0. The third-order valence-electron chi connectivity index (χ3n) is 2.61. The third-order valence-corrected chi connectivity index (χ3v) is 4.90. The van der Waals surface area contributed by atoms with Gasteiger partial charge in [0.05, 0.1) is 6.04 Å². The lowest BCUT2D eigenvalue weighted by molar-refractivity contribution is 0.901. The van der Waals surface area contributed by atoms with Crippen LogP contribution < -0.4 is 5.32 Å². The normalized spacial score (nSPS) is 12.5. The molecule has 1 aromatic carbocycles. The number of aryl methyl sites for hydroxylation is 1. The molecule has 4 heteroatoms. The number of hydrogen-bond donors (Lipinski definition) is 1. The van der Waals surface area contributed by atoms with Crippen molar-refractivity contribution in [3.8, 4) is 0 Å². The summed E-state index contributed by atoms with van der Waals surface area (Å²) >= 11 is 11.3. The number of benzene rings is 1. The maximum absolute atomic E-state index is 6.01. The first-order valence-electron chi connectivity index (χ1n) is 5.33. The first-order valence-corrected chi connectivity index (χ1v) is 7.38. The summed E-state index contributed by atoms with van der Waals surface area (Å²) < 4.78 is 1.15. The molecule has 0 fully saturated rings. The van der Waals surface area contributed by atoms with Crippen LogP contribution in [0.4, 0.5) is 5.69 Å². The van der Waals surface area contributed by atoms with Gasteiger partial charge in [-0.2, -0.15) is 0 Å². The molecule has 0 aliphatic heterocycles. The fourth-order valence-electron chi connectivity index (χ4n) is 1.66. The number of thiophene rings is 1. The smallest absolute Gasteiger partial charge is 0.0589 e. The molecule has 0 aliphatic carbocycles. The average Bonchev–Trinajstić information content (AvgIpc) is 2.70. The molecule has 0 saturated heterocycles. The van der Waals surface area contributed by atoms with Crippen molar-refractivity contribution in [3.05, 3.63) is 49.6 Å². The summed E-state index contributed by atoms with van der Waals surface area (Å²) in [5, 5.41) is 6.34. The maximum atomic E-state index is 6.01. The molecule has 1 aromatic heterocycles. The lowest BCUT2D eigenvalue weighted by Gasteiger charge is -2.16. The van der Waals surface area contributed by atoms with E-state index >= 15 is 0 Å². The third kappa shape index (κ3) is 3.03. The quantitative estimate of drug-likeness (QED) is 0.767. The second-order valence-electron chi connectivity index (χ2n) is 3.96. The molecular weight excluding hydrogens is 318 g/mol. The molecule has 1 N–H and O–H groups in total. The summed E-state index contributed by atoms with van der Waals surface area (Å²) in [7, 11) is 0. The van der Waals surface area contributed by atoms with Gasteiger partial charge < -0.3 is 5.32 Å². The minimum absolute atomic E-state index is 0.265. The highest BCUT2D eigenvalue weighted by Gasteiger charge is 2.11. The van der Waals surface area contributed by atoms with Crippen LogP contribution in [-0.2, 0) is 0 Å². The van der Waals surface area contributed by atoms with Crippen molar-refractivity contribution in [1.82, 2.24) is 0 Å². The molecular formula is C13H13BrClNS. The zero-order valence-electron chi connectivity index (χ0n) is 9.63. The molecule has 1 unspecified atom stereocenters. The van der Waals surface area contributed by atoms with E-state index in [1.807, 2.05) is 18.2 Å². The van der Waals surface area contributed by atoms with Gasteiger partial charge in [-0.3, -0.25) is 0 Å². The number of hydrogen-bond acceptors (Lipinski definition) is 2. The van der Waals surface area contributed by atoms with Crippen molar-refractivity contribution in [2.45, 2.75) is 19.9 Å². The topological polar surface area (TPSA) is 12.0 Å². The van der Waals surface area contributed by atoms with Gasteiger partial charge in [-0.05, 0) is 58.9 Å². The molecule has 0 radical (unpaired) electrons. The van der Waals surface area contributed by atoms with E-state index in [4.69, 9.17) is 11.6 Å². The van der Waals surface area contributed by atoms with Crippen molar-refractivity contribution in [1.29, 1.82) is 0 Å². The lowest BCUT2D eigenvalue weighted by atomic mass is 10.1. The van der Waals surface area contributed by atoms with Crippen LogP contribution in [0.15, 0.2) is 34.1 Å². The Morgan fingerprint density at radius 2 is 2.12 bits per heavy atom. The molecule has 0 saturated carbocycles. The van der Waals surface area contributed by atoms with E-state index < -0.39 is 0 Å². The predicted molar refractivity (Wildman–Crippen MR) is 80.2 cm³/mol. The first kappa shape index (κ1) is 12.9. The number of halogens is 2. The van der Waals surface area contributed by atoms with Crippen molar-refractivity contribution in [2.24, 2.45) is 0 Å². The molecule has 17 heavy (non-hydrogen) atoms. The molecule has 0 bridgehead atoms. The average molecular weight is 331 g/mol. The van der Waals surface area contributed by atoms with Crippen LogP contribution in [0.5, 0.6) is 0 Å². The maximum Gasteiger partial charge on any atom is 0.0589 e. The summed E-state index contributed by atoms with van der Waals surface area (Å²) in [6.45, 7) is 4.23. The minimum atomic E-state index is 0.265. The Bertz CT molecular complexity index is 524. The van der Waals surface area contributed by atoms with E-state index in [1.165, 1.54) is 10.4 Å². The zero-order valence-corrected chi connectivity index (χ0v) is 12.8. The highest BCUT2D eigenvalue weighted by atomic mass is 79.9. The van der Waals surface area contributed by atoms with Crippen molar-refractivity contribution in [3.63, 3.8) is 0 Å². The second-order valence-corrected chi connectivity index (χ2v) is 6.20. The minimum Gasteiger partial charge on any atom is -0.377 e. The highest BCUT2D eigenvalue weighted by molar-refractivity contribution is 9.10. The van der Waals surface area contributed by atoms with Crippen molar-refractivity contribution < 1.29 is 0 Å². The van der Waals surface area contributed by atoms with Crippen LogP contribution in [0.3, 0.4) is 0 Å². The van der Waals surface area contributed by atoms with Crippen LogP contribution in [-0.4, -0.2) is 0 Å². The van der Waals surface area contributed by atoms with Crippen LogP contribution in [0, 0.1) is 6.92 Å². The summed E-state index contributed by atoms with van der Waals surface area (Å²) in [6, 6.07) is 8.24. The van der Waals surface area contributed by atoms with E-state index in [0.29, 0.717) is 0 Å². The van der Waals surface area contributed by atoms with Gasteiger partial charge in [0, 0.05) is 20.1 Å². The molecule has 1 heterocycles. The Labute approximate surface area is 119 Å². The predicted octanol–water partition coefficient (Wildman–Crippen LogP) is 5.65. The van der Waals surface area contributed by atoms with Gasteiger partial charge in [0.1, 0.15) is 0 Å². The van der Waals surface area contributed by atoms with Gasteiger partial charge in [-0.15, -0.1) is 11.3 Å². The van der Waals surface area contributed by atoms with E-state index in [0.717, 1.165) is 15.2 Å². The Balaban J connectivity index is 2.21. The molecule has 1 atom stereocenters. The molecule has 0 amide bonds. The molecule has 2 aromatic rings. The fourth-order valence-corrected chi connectivity index (χ4v) is 3.56. The van der Waals surface area contributed by atoms with Crippen LogP contribution in [0.25, 0.3) is 0 Å². The summed E-state index contributed by atoms with van der Waals surface area (Å²) in [6.07, 6.45) is 0. The molecule has 0 aliphatic rings. The Kier molecular flexibility index (Phi) is 4.13. The van der Waals surface area contributed by atoms with E-state index in [-0.39, 0.29) is 6.04 Å². The fraction of sp³-hybridized carbons (Fsp3) is 0.231. The standard InChI is InChI=1S/C13H13BrClNS/c1-8-3-4-10(15)7-12(8)16-9(2)13-11(14)5-6-17-13/h3-7,9,16H,1-2H3. The van der Waals surface area contributed by atoms with E-state index in [9.17, 15) is 0 Å². The summed E-state index contributed by atoms with van der Waals surface area (Å²) in [5.41, 5.74) is 2.29. The number of anilines is 1. The van der Waals surface area contributed by atoms with Crippen LogP contribution >= 0.6 is 38.9 Å². The van der Waals surface area contributed by atoms with Crippen LogP contribution in [0.1, 0.15) is 23.4 Å². The first-order chi connectivity index (χ1) is 8.08. The monoisotopic (exact) mass is 329 g/mol. The Morgan fingerprint density at radius 1 is 1.35 bits per heavy atom. The van der Waals surface area contributed by atoms with Crippen molar-refractivity contribution in [2.75, 3.05) is 5.32 Å². The van der Waals surface area contributed by atoms with Gasteiger partial charge in [0.15, 0.2) is 0 Å². The van der Waals surface area contributed by atoms with Gasteiger partial charge in [0.2, 0.25) is 0 Å². The highest BCUT2D eigenvalue weighted by Crippen LogP contribution is 2.32. The number of rotatable bonds is 3. The van der Waals surface area contributed by atoms with Gasteiger partial charge in [-0.1, -0.05) is 17.7 Å². The summed E-state index contributed by atoms with van der Waals surface area (Å²) in [4.78, 5) is 1.30. The Morgan fingerprint density at radius 3 is 2.76 bits per heavy atom. The van der Waals surface area contributed by atoms with Gasteiger partial charge >= 0.3 is 0 Å². The van der Waals surface area contributed by atoms with Gasteiger partial charge in [-0.25, -0.2) is 0 Å². The molecule has 1 nitrogen and oxygen atoms in total. The Hall–Kier alpha value is -0.510. The molecule has 2 rings (SSSR count). The molecule has 90 valence electrons. The largest absolute Gasteiger partial charge is 0.377 e.